The molecule has 0 heterocycles. The number of benzene rings is 2. The highest BCUT2D eigenvalue weighted by Gasteiger charge is 2.43. The monoisotopic (exact) mass is 345 g/mol. The Bertz CT molecular complexity index is 596. The van der Waals surface area contributed by atoms with E-state index < -0.39 is 8.80 Å². The number of hydrogen-bond acceptors (Lipinski definition) is 4. The SMILES string of the molecule is CCO[Si](OCC)(OCC)c1ccc(-c2ccc(NC)cc2)cc1. The third-order valence-electron chi connectivity index (χ3n) is 3.75. The van der Waals surface area contributed by atoms with Crippen LogP contribution in [0.1, 0.15) is 20.8 Å². The zero-order valence-corrected chi connectivity index (χ0v) is 16.0. The second-order valence-corrected chi connectivity index (χ2v) is 7.82. The van der Waals surface area contributed by atoms with Gasteiger partial charge >= 0.3 is 8.80 Å². The maximum absolute atomic E-state index is 5.96. The molecule has 0 aliphatic rings. The molecule has 4 nitrogen and oxygen atoms in total. The molecule has 2 rings (SSSR count). The second kappa shape index (κ2) is 8.99. The Labute approximate surface area is 146 Å². The van der Waals surface area contributed by atoms with E-state index in [1.165, 1.54) is 5.56 Å². The molecule has 5 heteroatoms. The smallest absolute Gasteiger partial charge is 0.388 e. The molecule has 24 heavy (non-hydrogen) atoms. The van der Waals surface area contributed by atoms with Crippen molar-refractivity contribution in [1.82, 2.24) is 0 Å². The summed E-state index contributed by atoms with van der Waals surface area (Å²) in [7, 11) is -0.900. The lowest BCUT2D eigenvalue weighted by Crippen LogP contribution is -2.56. The summed E-state index contributed by atoms with van der Waals surface area (Å²) in [5.74, 6) is 0. The summed E-state index contributed by atoms with van der Waals surface area (Å²) in [5.41, 5.74) is 3.44. The van der Waals surface area contributed by atoms with Gasteiger partial charge in [0.15, 0.2) is 0 Å². The average molecular weight is 346 g/mol. The molecular formula is C19H27NO3Si. The quantitative estimate of drug-likeness (QED) is 0.704. The first-order valence-electron chi connectivity index (χ1n) is 8.49. The fraction of sp³-hybridized carbons (Fsp3) is 0.368. The molecule has 130 valence electrons. The molecule has 2 aromatic carbocycles. The van der Waals surface area contributed by atoms with Crippen LogP contribution in [0.15, 0.2) is 48.5 Å². The summed E-state index contributed by atoms with van der Waals surface area (Å²) in [6, 6.07) is 16.7. The first-order valence-corrected chi connectivity index (χ1v) is 10.2. The molecule has 0 amide bonds. The van der Waals surface area contributed by atoms with Crippen molar-refractivity contribution in [3.63, 3.8) is 0 Å². The van der Waals surface area contributed by atoms with Crippen LogP contribution in [0.4, 0.5) is 5.69 Å². The molecule has 0 spiro atoms. The van der Waals surface area contributed by atoms with Crippen molar-refractivity contribution in [3.8, 4) is 11.1 Å². The maximum Gasteiger partial charge on any atom is 0.537 e. The van der Waals surface area contributed by atoms with E-state index in [0.717, 1.165) is 16.4 Å². The van der Waals surface area contributed by atoms with Crippen molar-refractivity contribution in [2.45, 2.75) is 20.8 Å². The minimum Gasteiger partial charge on any atom is -0.388 e. The Morgan fingerprint density at radius 3 is 1.50 bits per heavy atom. The van der Waals surface area contributed by atoms with Crippen LogP contribution in [-0.4, -0.2) is 35.7 Å². The lowest BCUT2D eigenvalue weighted by molar-refractivity contribution is 0.0859. The molecule has 0 unspecified atom stereocenters. The molecule has 0 saturated heterocycles. The van der Waals surface area contributed by atoms with Crippen molar-refractivity contribution in [3.05, 3.63) is 48.5 Å². The van der Waals surface area contributed by atoms with Gasteiger partial charge in [-0.3, -0.25) is 0 Å². The molecule has 0 aromatic heterocycles. The lowest BCUT2D eigenvalue weighted by Gasteiger charge is -2.28. The molecule has 0 saturated carbocycles. The second-order valence-electron chi connectivity index (χ2n) is 5.26. The molecular weight excluding hydrogens is 318 g/mol. The Hall–Kier alpha value is -1.66. The highest BCUT2D eigenvalue weighted by Crippen LogP contribution is 2.21. The average Bonchev–Trinajstić information content (AvgIpc) is 2.62. The minimum absolute atomic E-state index is 0.569. The van der Waals surface area contributed by atoms with Gasteiger partial charge in [0.2, 0.25) is 0 Å². The third kappa shape index (κ3) is 4.24. The summed E-state index contributed by atoms with van der Waals surface area (Å²) in [6.07, 6.45) is 0. The van der Waals surface area contributed by atoms with Gasteiger partial charge < -0.3 is 18.6 Å². The van der Waals surface area contributed by atoms with Gasteiger partial charge in [0, 0.05) is 37.7 Å². The van der Waals surface area contributed by atoms with Crippen LogP contribution in [-0.2, 0) is 13.3 Å². The molecule has 1 N–H and O–H groups in total. The fourth-order valence-corrected chi connectivity index (χ4v) is 5.11. The highest BCUT2D eigenvalue weighted by atomic mass is 28.4. The van der Waals surface area contributed by atoms with E-state index in [-0.39, 0.29) is 0 Å². The van der Waals surface area contributed by atoms with Crippen LogP contribution < -0.4 is 10.5 Å². The van der Waals surface area contributed by atoms with Crippen molar-refractivity contribution >= 4 is 19.7 Å². The predicted octanol–water partition coefficient (Wildman–Crippen LogP) is 3.65. The van der Waals surface area contributed by atoms with Crippen LogP contribution in [0.5, 0.6) is 0 Å². The number of hydrogen-bond donors (Lipinski definition) is 1. The van der Waals surface area contributed by atoms with E-state index in [4.69, 9.17) is 13.3 Å². The van der Waals surface area contributed by atoms with Crippen LogP contribution in [0, 0.1) is 0 Å². The van der Waals surface area contributed by atoms with Crippen molar-refractivity contribution in [2.24, 2.45) is 0 Å². The van der Waals surface area contributed by atoms with E-state index >= 15 is 0 Å². The Balaban J connectivity index is 2.30. The maximum atomic E-state index is 5.96. The number of nitrogens with one attached hydrogen (secondary N) is 1. The molecule has 2 aromatic rings. The normalized spacial score (nSPS) is 11.5. The van der Waals surface area contributed by atoms with Gasteiger partial charge in [0.25, 0.3) is 0 Å². The van der Waals surface area contributed by atoms with Gasteiger partial charge in [-0.25, -0.2) is 0 Å². The molecule has 0 bridgehead atoms. The first kappa shape index (κ1) is 18.7. The largest absolute Gasteiger partial charge is 0.537 e. The summed E-state index contributed by atoms with van der Waals surface area (Å²) in [4.78, 5) is 0. The standard InChI is InChI=1S/C19H27NO3Si/c1-5-21-24(22-6-2,23-7-3)19-14-10-17(11-15-19)16-8-12-18(20-4)13-9-16/h8-15,20H,5-7H2,1-4H3. The van der Waals surface area contributed by atoms with Crippen LogP contribution in [0.3, 0.4) is 0 Å². The number of anilines is 1. The molecule has 0 atom stereocenters. The van der Waals surface area contributed by atoms with Gasteiger partial charge in [0.05, 0.1) is 0 Å². The van der Waals surface area contributed by atoms with Gasteiger partial charge in [0.1, 0.15) is 0 Å². The van der Waals surface area contributed by atoms with Gasteiger partial charge in [-0.05, 0) is 44.0 Å². The Morgan fingerprint density at radius 2 is 1.12 bits per heavy atom. The van der Waals surface area contributed by atoms with Gasteiger partial charge in [-0.2, -0.15) is 0 Å². The van der Waals surface area contributed by atoms with E-state index in [1.807, 2.05) is 27.8 Å². The van der Waals surface area contributed by atoms with Crippen LogP contribution in [0.2, 0.25) is 0 Å². The van der Waals surface area contributed by atoms with Gasteiger partial charge in [-0.15, -0.1) is 0 Å². The minimum atomic E-state index is -2.82. The van der Waals surface area contributed by atoms with E-state index in [2.05, 4.69) is 53.8 Å². The van der Waals surface area contributed by atoms with E-state index in [0.29, 0.717) is 19.8 Å². The number of rotatable bonds is 9. The van der Waals surface area contributed by atoms with Crippen molar-refractivity contribution in [2.75, 3.05) is 32.2 Å². The van der Waals surface area contributed by atoms with E-state index in [1.54, 1.807) is 0 Å². The molecule has 0 fully saturated rings. The van der Waals surface area contributed by atoms with Crippen LogP contribution >= 0.6 is 0 Å². The topological polar surface area (TPSA) is 39.7 Å². The fourth-order valence-electron chi connectivity index (χ4n) is 2.64. The summed E-state index contributed by atoms with van der Waals surface area (Å²) in [6.45, 7) is 7.62. The zero-order chi connectivity index (χ0) is 17.4. The van der Waals surface area contributed by atoms with Crippen LogP contribution in [0.25, 0.3) is 11.1 Å². The predicted molar refractivity (Wildman–Crippen MR) is 102 cm³/mol. The lowest BCUT2D eigenvalue weighted by atomic mass is 10.1. The highest BCUT2D eigenvalue weighted by molar-refractivity contribution is 6.75. The van der Waals surface area contributed by atoms with Gasteiger partial charge in [-0.1, -0.05) is 36.4 Å². The first-order chi connectivity index (χ1) is 11.7. The zero-order valence-electron chi connectivity index (χ0n) is 15.0. The Morgan fingerprint density at radius 1 is 0.708 bits per heavy atom. The van der Waals surface area contributed by atoms with E-state index in [9.17, 15) is 0 Å². The molecule has 0 aliphatic heterocycles. The summed E-state index contributed by atoms with van der Waals surface area (Å²) < 4.78 is 17.9. The Kier molecular flexibility index (Phi) is 6.99. The molecule has 0 radical (unpaired) electrons. The third-order valence-corrected chi connectivity index (χ3v) is 6.80. The summed E-state index contributed by atoms with van der Waals surface area (Å²) in [5, 5.41) is 4.14. The van der Waals surface area contributed by atoms with Crippen molar-refractivity contribution in [1.29, 1.82) is 0 Å². The molecule has 0 aliphatic carbocycles. The summed E-state index contributed by atoms with van der Waals surface area (Å²) >= 11 is 0. The van der Waals surface area contributed by atoms with Crippen molar-refractivity contribution < 1.29 is 13.3 Å².